The van der Waals surface area contributed by atoms with Crippen LogP contribution >= 0.6 is 0 Å². The van der Waals surface area contributed by atoms with Gasteiger partial charge in [0.25, 0.3) is 5.91 Å². The van der Waals surface area contributed by atoms with E-state index in [9.17, 15) is 4.79 Å². The predicted octanol–water partition coefficient (Wildman–Crippen LogP) is 4.31. The number of carbonyl (C=O) groups excluding carboxylic acids is 1. The Kier molecular flexibility index (Phi) is 4.77. The van der Waals surface area contributed by atoms with E-state index >= 15 is 0 Å². The molecule has 0 bridgehead atoms. The van der Waals surface area contributed by atoms with Crippen LogP contribution in [-0.2, 0) is 0 Å². The van der Waals surface area contributed by atoms with Gasteiger partial charge >= 0.3 is 0 Å². The van der Waals surface area contributed by atoms with Crippen LogP contribution in [0.1, 0.15) is 35.9 Å². The minimum atomic E-state index is -0.291. The van der Waals surface area contributed by atoms with Crippen molar-refractivity contribution in [3.8, 4) is 17.0 Å². The SMILES string of the molecule is COc1ccc(-c2[nH]ncc2[C@@H]2Nc3ccccc3C(=O)N2CC(C)C)cc1. The summed E-state index contributed by atoms with van der Waals surface area (Å²) in [7, 11) is 1.65. The summed E-state index contributed by atoms with van der Waals surface area (Å²) in [4.78, 5) is 15.1. The third-order valence-electron chi connectivity index (χ3n) is 4.93. The van der Waals surface area contributed by atoms with E-state index in [2.05, 4.69) is 29.4 Å². The van der Waals surface area contributed by atoms with Crippen molar-refractivity contribution >= 4 is 11.6 Å². The first kappa shape index (κ1) is 18.1. The summed E-state index contributed by atoms with van der Waals surface area (Å²) in [6, 6.07) is 15.5. The van der Waals surface area contributed by atoms with Gasteiger partial charge in [0.05, 0.1) is 24.6 Å². The summed E-state index contributed by atoms with van der Waals surface area (Å²) >= 11 is 0. The highest BCUT2D eigenvalue weighted by Gasteiger charge is 2.35. The summed E-state index contributed by atoms with van der Waals surface area (Å²) in [5, 5.41) is 10.9. The van der Waals surface area contributed by atoms with Crippen molar-refractivity contribution in [2.75, 3.05) is 19.0 Å². The standard InChI is InChI=1S/C22H24N4O2/c1-14(2)13-26-21(24-19-7-5-4-6-17(19)22(26)27)18-12-23-25-20(18)15-8-10-16(28-3)11-9-15/h4-12,14,21,24H,13H2,1-3H3,(H,23,25)/t21-/m1/s1. The normalized spacial score (nSPS) is 16.1. The Morgan fingerprint density at radius 2 is 1.89 bits per heavy atom. The lowest BCUT2D eigenvalue weighted by molar-refractivity contribution is 0.0658. The van der Waals surface area contributed by atoms with Crippen LogP contribution in [0.4, 0.5) is 5.69 Å². The van der Waals surface area contributed by atoms with Crippen LogP contribution in [0.3, 0.4) is 0 Å². The summed E-state index contributed by atoms with van der Waals surface area (Å²) < 4.78 is 5.26. The number of nitrogens with zero attached hydrogens (tertiary/aromatic N) is 2. The fourth-order valence-corrected chi connectivity index (χ4v) is 3.61. The second-order valence-electron chi connectivity index (χ2n) is 7.37. The Morgan fingerprint density at radius 3 is 2.61 bits per heavy atom. The highest BCUT2D eigenvalue weighted by Crippen LogP contribution is 2.37. The van der Waals surface area contributed by atoms with E-state index in [1.807, 2.05) is 53.4 Å². The van der Waals surface area contributed by atoms with Crippen molar-refractivity contribution in [1.82, 2.24) is 15.1 Å². The molecule has 0 spiro atoms. The number of aromatic nitrogens is 2. The lowest BCUT2D eigenvalue weighted by Gasteiger charge is -2.38. The molecule has 0 radical (unpaired) electrons. The lowest BCUT2D eigenvalue weighted by Crippen LogP contribution is -2.44. The van der Waals surface area contributed by atoms with Crippen molar-refractivity contribution in [3.05, 3.63) is 65.9 Å². The van der Waals surface area contributed by atoms with Gasteiger partial charge in [-0.2, -0.15) is 5.10 Å². The zero-order valence-electron chi connectivity index (χ0n) is 16.3. The number of hydrogen-bond acceptors (Lipinski definition) is 4. The van der Waals surface area contributed by atoms with Gasteiger partial charge in [-0.25, -0.2) is 0 Å². The number of ether oxygens (including phenoxy) is 1. The average Bonchev–Trinajstić information content (AvgIpc) is 3.19. The zero-order valence-corrected chi connectivity index (χ0v) is 16.3. The smallest absolute Gasteiger partial charge is 0.257 e. The van der Waals surface area contributed by atoms with Gasteiger partial charge in [-0.05, 0) is 42.3 Å². The maximum Gasteiger partial charge on any atom is 0.257 e. The molecular weight excluding hydrogens is 352 g/mol. The highest BCUT2D eigenvalue weighted by atomic mass is 16.5. The molecule has 6 heteroatoms. The number of H-pyrrole nitrogens is 1. The molecule has 0 saturated carbocycles. The first-order valence-corrected chi connectivity index (χ1v) is 9.42. The molecule has 3 aromatic rings. The second-order valence-corrected chi connectivity index (χ2v) is 7.37. The maximum absolute atomic E-state index is 13.2. The molecule has 1 atom stereocenters. The van der Waals surface area contributed by atoms with Crippen LogP contribution < -0.4 is 10.1 Å². The quantitative estimate of drug-likeness (QED) is 0.696. The Balaban J connectivity index is 1.76. The van der Waals surface area contributed by atoms with Gasteiger partial charge in [0.2, 0.25) is 0 Å². The van der Waals surface area contributed by atoms with Crippen molar-refractivity contribution < 1.29 is 9.53 Å². The summed E-state index contributed by atoms with van der Waals surface area (Å²) in [6.07, 6.45) is 1.51. The Bertz CT molecular complexity index is 978. The summed E-state index contributed by atoms with van der Waals surface area (Å²) in [5.41, 5.74) is 4.37. The zero-order chi connectivity index (χ0) is 19.7. The summed E-state index contributed by atoms with van der Waals surface area (Å²) in [5.74, 6) is 1.18. The minimum absolute atomic E-state index is 0.0370. The molecule has 1 aliphatic rings. The third-order valence-corrected chi connectivity index (χ3v) is 4.93. The van der Waals surface area contributed by atoms with E-state index in [0.717, 1.165) is 28.3 Å². The van der Waals surface area contributed by atoms with Crippen LogP contribution in [0, 0.1) is 5.92 Å². The first-order chi connectivity index (χ1) is 13.6. The van der Waals surface area contributed by atoms with Gasteiger partial charge in [-0.1, -0.05) is 26.0 Å². The largest absolute Gasteiger partial charge is 0.497 e. The van der Waals surface area contributed by atoms with Crippen LogP contribution in [0.5, 0.6) is 5.75 Å². The number of aromatic amines is 1. The van der Waals surface area contributed by atoms with Crippen LogP contribution in [-0.4, -0.2) is 34.7 Å². The van der Waals surface area contributed by atoms with E-state index < -0.39 is 0 Å². The van der Waals surface area contributed by atoms with Crippen LogP contribution in [0.15, 0.2) is 54.7 Å². The average molecular weight is 376 g/mol. The molecule has 4 rings (SSSR count). The number of hydrogen-bond donors (Lipinski definition) is 2. The van der Waals surface area contributed by atoms with Gasteiger partial charge in [-0.3, -0.25) is 9.89 Å². The minimum Gasteiger partial charge on any atom is -0.497 e. The Hall–Kier alpha value is -3.28. The number of fused-ring (bicyclic) bond motifs is 1. The molecule has 1 aromatic heterocycles. The fraction of sp³-hybridized carbons (Fsp3) is 0.273. The Labute approximate surface area is 164 Å². The number of carbonyl (C=O) groups is 1. The molecule has 2 aromatic carbocycles. The van der Waals surface area contributed by atoms with Gasteiger partial charge in [0, 0.05) is 23.4 Å². The second kappa shape index (κ2) is 7.38. The number of nitrogens with one attached hydrogen (secondary N) is 2. The number of para-hydroxylation sites is 1. The van der Waals surface area contributed by atoms with Gasteiger partial charge < -0.3 is 15.0 Å². The number of amides is 1. The number of rotatable bonds is 5. The predicted molar refractivity (Wildman–Crippen MR) is 109 cm³/mol. The molecule has 2 heterocycles. The molecule has 6 nitrogen and oxygen atoms in total. The van der Waals surface area contributed by atoms with Crippen LogP contribution in [0.25, 0.3) is 11.3 Å². The van der Waals surface area contributed by atoms with Crippen molar-refractivity contribution in [1.29, 1.82) is 0 Å². The summed E-state index contributed by atoms with van der Waals surface area (Å²) in [6.45, 7) is 4.88. The van der Waals surface area contributed by atoms with Gasteiger partial charge in [-0.15, -0.1) is 0 Å². The van der Waals surface area contributed by atoms with Crippen molar-refractivity contribution in [2.45, 2.75) is 20.0 Å². The van der Waals surface area contributed by atoms with E-state index in [1.54, 1.807) is 13.3 Å². The molecule has 0 fully saturated rings. The Morgan fingerprint density at radius 1 is 1.14 bits per heavy atom. The van der Waals surface area contributed by atoms with E-state index in [-0.39, 0.29) is 12.1 Å². The topological polar surface area (TPSA) is 70.2 Å². The third kappa shape index (κ3) is 3.22. The molecule has 1 aliphatic heterocycles. The molecular formula is C22H24N4O2. The molecule has 2 N–H and O–H groups in total. The first-order valence-electron chi connectivity index (χ1n) is 9.42. The molecule has 0 saturated heterocycles. The molecule has 28 heavy (non-hydrogen) atoms. The fourth-order valence-electron chi connectivity index (χ4n) is 3.61. The number of anilines is 1. The maximum atomic E-state index is 13.2. The van der Waals surface area contributed by atoms with Crippen molar-refractivity contribution in [3.63, 3.8) is 0 Å². The van der Waals surface area contributed by atoms with Gasteiger partial charge in [0.1, 0.15) is 11.9 Å². The van der Waals surface area contributed by atoms with E-state index in [1.165, 1.54) is 0 Å². The molecule has 1 amide bonds. The van der Waals surface area contributed by atoms with E-state index in [4.69, 9.17) is 4.74 Å². The van der Waals surface area contributed by atoms with Gasteiger partial charge in [0.15, 0.2) is 0 Å². The molecule has 0 aliphatic carbocycles. The van der Waals surface area contributed by atoms with Crippen molar-refractivity contribution in [2.24, 2.45) is 5.92 Å². The molecule has 0 unspecified atom stereocenters. The lowest BCUT2D eigenvalue weighted by atomic mass is 10.00. The number of benzene rings is 2. The monoisotopic (exact) mass is 376 g/mol. The van der Waals surface area contributed by atoms with E-state index in [0.29, 0.717) is 18.0 Å². The number of methoxy groups -OCH3 is 1. The van der Waals surface area contributed by atoms with Crippen LogP contribution in [0.2, 0.25) is 0 Å². The highest BCUT2D eigenvalue weighted by molar-refractivity contribution is 6.01. The molecule has 144 valence electrons.